The molecule has 0 spiro atoms. The van der Waals surface area contributed by atoms with Gasteiger partial charge in [-0.1, -0.05) is 12.1 Å². The Kier molecular flexibility index (Phi) is 3.97. The smallest absolute Gasteiger partial charge is 0.310 e. The zero-order chi connectivity index (χ0) is 15.7. The summed E-state index contributed by atoms with van der Waals surface area (Å²) >= 11 is 0. The number of benzene rings is 1. The second-order valence-electron chi connectivity index (χ2n) is 5.37. The third kappa shape index (κ3) is 3.20. The summed E-state index contributed by atoms with van der Waals surface area (Å²) in [5.74, 6) is -1.06. The Balaban J connectivity index is 2.37. The predicted molar refractivity (Wildman–Crippen MR) is 78.3 cm³/mol. The van der Waals surface area contributed by atoms with E-state index in [0.717, 1.165) is 0 Å². The topological polar surface area (TPSA) is 96.4 Å². The van der Waals surface area contributed by atoms with Gasteiger partial charge in [0.25, 0.3) is 0 Å². The maximum atomic E-state index is 12.4. The second kappa shape index (κ2) is 5.42. The van der Waals surface area contributed by atoms with Gasteiger partial charge in [-0.3, -0.25) is 9.78 Å². The number of pyridine rings is 1. The van der Waals surface area contributed by atoms with Gasteiger partial charge in [-0.2, -0.15) is 0 Å². The molecule has 2 aromatic rings. The monoisotopic (exact) mass is 308 g/mol. The third-order valence-corrected chi connectivity index (χ3v) is 4.67. The molecule has 7 heteroatoms. The molecule has 2 rings (SSSR count). The largest absolute Gasteiger partial charge is 0.481 e. The molecule has 1 aromatic carbocycles. The molecule has 0 fully saturated rings. The Morgan fingerprint density at radius 1 is 1.33 bits per heavy atom. The highest BCUT2D eigenvalue weighted by Crippen LogP contribution is 2.22. The first kappa shape index (κ1) is 15.4. The predicted octanol–water partition coefficient (Wildman–Crippen LogP) is 1.62. The van der Waals surface area contributed by atoms with Crippen LogP contribution in [0.2, 0.25) is 0 Å². The quantitative estimate of drug-likeness (QED) is 0.875. The van der Waals surface area contributed by atoms with E-state index >= 15 is 0 Å². The van der Waals surface area contributed by atoms with Crippen molar-refractivity contribution in [2.45, 2.75) is 18.7 Å². The molecule has 21 heavy (non-hydrogen) atoms. The Labute approximate surface area is 122 Å². The first-order valence-electron chi connectivity index (χ1n) is 6.30. The fraction of sp³-hybridized carbons (Fsp3) is 0.286. The number of carbonyl (C=O) groups is 1. The number of hydrogen-bond donors (Lipinski definition) is 2. The van der Waals surface area contributed by atoms with Crippen LogP contribution in [0.4, 0.5) is 0 Å². The van der Waals surface area contributed by atoms with Gasteiger partial charge in [-0.25, -0.2) is 13.1 Å². The first-order chi connectivity index (χ1) is 9.74. The van der Waals surface area contributed by atoms with Gasteiger partial charge in [-0.15, -0.1) is 0 Å². The van der Waals surface area contributed by atoms with E-state index in [4.69, 9.17) is 5.11 Å². The molecule has 0 aliphatic rings. The van der Waals surface area contributed by atoms with Crippen LogP contribution in [0.15, 0.2) is 41.6 Å². The van der Waals surface area contributed by atoms with Gasteiger partial charge < -0.3 is 5.11 Å². The number of sulfonamides is 1. The van der Waals surface area contributed by atoms with Crippen LogP contribution in [0.5, 0.6) is 0 Å². The Morgan fingerprint density at radius 3 is 2.71 bits per heavy atom. The van der Waals surface area contributed by atoms with Crippen LogP contribution >= 0.6 is 0 Å². The van der Waals surface area contributed by atoms with E-state index in [1.165, 1.54) is 26.1 Å². The van der Waals surface area contributed by atoms with Gasteiger partial charge in [0.1, 0.15) is 0 Å². The molecule has 0 saturated carbocycles. The summed E-state index contributed by atoms with van der Waals surface area (Å²) in [6.45, 7) is 2.74. The van der Waals surface area contributed by atoms with Crippen molar-refractivity contribution in [3.63, 3.8) is 0 Å². The average molecular weight is 308 g/mol. The molecule has 0 radical (unpaired) electrons. The minimum absolute atomic E-state index is 0.114. The standard InChI is InChI=1S/C14H16N2O4S/c1-14(2,13(17)18)9-16-21(19,20)12-5-3-4-10-8-15-7-6-11(10)12/h3-8,16H,9H2,1-2H3,(H,17,18). The number of hydrogen-bond acceptors (Lipinski definition) is 4. The number of aliphatic carboxylic acids is 1. The first-order valence-corrected chi connectivity index (χ1v) is 7.78. The lowest BCUT2D eigenvalue weighted by Crippen LogP contribution is -2.38. The Hall–Kier alpha value is -1.99. The molecule has 0 amide bonds. The van der Waals surface area contributed by atoms with Crippen molar-refractivity contribution in [1.82, 2.24) is 9.71 Å². The highest BCUT2D eigenvalue weighted by molar-refractivity contribution is 7.89. The molecule has 0 bridgehead atoms. The van der Waals surface area contributed by atoms with Gasteiger partial charge in [-0.05, 0) is 26.0 Å². The zero-order valence-corrected chi connectivity index (χ0v) is 12.5. The fourth-order valence-corrected chi connectivity index (χ4v) is 3.20. The van der Waals surface area contributed by atoms with Crippen LogP contribution in [0, 0.1) is 5.41 Å². The second-order valence-corrected chi connectivity index (χ2v) is 7.10. The molecule has 2 N–H and O–H groups in total. The minimum Gasteiger partial charge on any atom is -0.481 e. The molecule has 0 atom stereocenters. The van der Waals surface area contributed by atoms with Gasteiger partial charge in [0.15, 0.2) is 0 Å². The highest BCUT2D eigenvalue weighted by Gasteiger charge is 2.29. The lowest BCUT2D eigenvalue weighted by Gasteiger charge is -2.19. The molecular weight excluding hydrogens is 292 g/mol. The normalized spacial score (nSPS) is 12.5. The molecular formula is C14H16N2O4S. The molecule has 1 aromatic heterocycles. The molecule has 6 nitrogen and oxygen atoms in total. The van der Waals surface area contributed by atoms with Crippen LogP contribution in [-0.2, 0) is 14.8 Å². The lowest BCUT2D eigenvalue weighted by molar-refractivity contribution is -0.146. The summed E-state index contributed by atoms with van der Waals surface area (Å²) in [5, 5.41) is 10.3. The van der Waals surface area contributed by atoms with E-state index < -0.39 is 21.4 Å². The number of carboxylic acids is 1. The van der Waals surface area contributed by atoms with Crippen LogP contribution < -0.4 is 4.72 Å². The number of nitrogens with one attached hydrogen (secondary N) is 1. The van der Waals surface area contributed by atoms with E-state index in [2.05, 4.69) is 9.71 Å². The molecule has 0 saturated heterocycles. The molecule has 0 unspecified atom stereocenters. The average Bonchev–Trinajstić information content (AvgIpc) is 2.44. The third-order valence-electron chi connectivity index (χ3n) is 3.21. The van der Waals surface area contributed by atoms with E-state index in [1.54, 1.807) is 24.4 Å². The van der Waals surface area contributed by atoms with Gasteiger partial charge in [0.2, 0.25) is 10.0 Å². The number of rotatable bonds is 5. The summed E-state index contributed by atoms with van der Waals surface area (Å²) < 4.78 is 27.1. The molecule has 112 valence electrons. The fourth-order valence-electron chi connectivity index (χ4n) is 1.76. The molecule has 0 aliphatic heterocycles. The summed E-state index contributed by atoms with van der Waals surface area (Å²) in [7, 11) is -3.79. The minimum atomic E-state index is -3.79. The van der Waals surface area contributed by atoms with Crippen LogP contribution in [0.3, 0.4) is 0 Å². The van der Waals surface area contributed by atoms with Gasteiger partial charge >= 0.3 is 5.97 Å². The van der Waals surface area contributed by atoms with Gasteiger partial charge in [0.05, 0.1) is 10.3 Å². The van der Waals surface area contributed by atoms with Crippen molar-refractivity contribution in [2.75, 3.05) is 6.54 Å². The highest BCUT2D eigenvalue weighted by atomic mass is 32.2. The van der Waals surface area contributed by atoms with Crippen LogP contribution in [-0.4, -0.2) is 31.0 Å². The van der Waals surface area contributed by atoms with Crippen molar-refractivity contribution in [2.24, 2.45) is 5.41 Å². The number of carboxylic acid groups (broad SMARTS) is 1. The maximum Gasteiger partial charge on any atom is 0.310 e. The number of aromatic nitrogens is 1. The maximum absolute atomic E-state index is 12.4. The Morgan fingerprint density at radius 2 is 2.05 bits per heavy atom. The number of fused-ring (bicyclic) bond motifs is 1. The number of nitrogens with zero attached hydrogens (tertiary/aromatic N) is 1. The molecule has 1 heterocycles. The molecule has 0 aliphatic carbocycles. The summed E-state index contributed by atoms with van der Waals surface area (Å²) in [6, 6.07) is 6.49. The summed E-state index contributed by atoms with van der Waals surface area (Å²) in [4.78, 5) is 15.1. The summed E-state index contributed by atoms with van der Waals surface area (Å²) in [6.07, 6.45) is 3.10. The van der Waals surface area contributed by atoms with Crippen molar-refractivity contribution in [1.29, 1.82) is 0 Å². The SMILES string of the molecule is CC(C)(CNS(=O)(=O)c1cccc2cnccc12)C(=O)O. The van der Waals surface area contributed by atoms with Crippen molar-refractivity contribution >= 4 is 26.8 Å². The van der Waals surface area contributed by atoms with Crippen LogP contribution in [0.25, 0.3) is 10.8 Å². The van der Waals surface area contributed by atoms with Crippen molar-refractivity contribution in [3.05, 3.63) is 36.7 Å². The zero-order valence-electron chi connectivity index (χ0n) is 11.7. The Bertz CT molecular complexity index is 779. The van der Waals surface area contributed by atoms with Crippen molar-refractivity contribution < 1.29 is 18.3 Å². The van der Waals surface area contributed by atoms with Crippen molar-refractivity contribution in [3.8, 4) is 0 Å². The van der Waals surface area contributed by atoms with E-state index in [0.29, 0.717) is 10.8 Å². The van der Waals surface area contributed by atoms with Crippen LogP contribution in [0.1, 0.15) is 13.8 Å². The van der Waals surface area contributed by atoms with E-state index in [-0.39, 0.29) is 11.4 Å². The van der Waals surface area contributed by atoms with E-state index in [9.17, 15) is 13.2 Å². The van der Waals surface area contributed by atoms with E-state index in [1.807, 2.05) is 0 Å². The summed E-state index contributed by atoms with van der Waals surface area (Å²) in [5.41, 5.74) is -1.18. The lowest BCUT2D eigenvalue weighted by atomic mass is 9.95. The van der Waals surface area contributed by atoms with Gasteiger partial charge in [0, 0.05) is 29.7 Å².